The highest BCUT2D eigenvalue weighted by atomic mass is 79.9. The summed E-state index contributed by atoms with van der Waals surface area (Å²) in [7, 11) is 0. The fraction of sp³-hybridized carbons (Fsp3) is 0.533. The van der Waals surface area contributed by atoms with Gasteiger partial charge in [0.2, 0.25) is 0 Å². The Balaban J connectivity index is 2.17. The van der Waals surface area contributed by atoms with Gasteiger partial charge >= 0.3 is 0 Å². The molecule has 0 heterocycles. The number of anilines is 1. The van der Waals surface area contributed by atoms with Crippen molar-refractivity contribution in [3.8, 4) is 0 Å². The van der Waals surface area contributed by atoms with Crippen LogP contribution in [0.25, 0.3) is 0 Å². The smallest absolute Gasteiger partial charge is 0.104 e. The van der Waals surface area contributed by atoms with Gasteiger partial charge in [0.1, 0.15) is 4.99 Å². The summed E-state index contributed by atoms with van der Waals surface area (Å²) in [4.78, 5) is 0.435. The number of halogens is 1. The van der Waals surface area contributed by atoms with Crippen LogP contribution in [0.15, 0.2) is 22.7 Å². The molecule has 1 saturated carbocycles. The number of rotatable bonds is 3. The Bertz CT molecular complexity index is 485. The lowest BCUT2D eigenvalue weighted by atomic mass is 9.73. The van der Waals surface area contributed by atoms with Crippen molar-refractivity contribution >= 4 is 38.8 Å². The maximum Gasteiger partial charge on any atom is 0.104 e. The van der Waals surface area contributed by atoms with E-state index < -0.39 is 0 Å². The first kappa shape index (κ1) is 14.8. The van der Waals surface area contributed by atoms with Gasteiger partial charge in [0.05, 0.1) is 0 Å². The van der Waals surface area contributed by atoms with Crippen molar-refractivity contribution in [2.45, 2.75) is 45.6 Å². The Hall–Kier alpha value is -0.610. The fourth-order valence-corrected chi connectivity index (χ4v) is 3.35. The lowest BCUT2D eigenvalue weighted by molar-refractivity contribution is 0.217. The van der Waals surface area contributed by atoms with Crippen LogP contribution < -0.4 is 11.1 Å². The molecule has 1 aromatic carbocycles. The van der Waals surface area contributed by atoms with E-state index in [1.165, 1.54) is 25.7 Å². The Morgan fingerprint density at radius 1 is 1.42 bits per heavy atom. The second-order valence-electron chi connectivity index (χ2n) is 5.99. The van der Waals surface area contributed by atoms with E-state index in [4.69, 9.17) is 18.0 Å². The number of benzene rings is 1. The van der Waals surface area contributed by atoms with Crippen LogP contribution in [0.1, 0.15) is 45.1 Å². The molecule has 1 aliphatic rings. The van der Waals surface area contributed by atoms with Crippen molar-refractivity contribution in [1.82, 2.24) is 0 Å². The molecule has 1 unspecified atom stereocenters. The standard InChI is InChI=1S/C15H21BrN2S/c1-15(2)8-4-3-5-13(15)18-12-7-6-10(14(17)19)9-11(12)16/h6-7,9,13,18H,3-5,8H2,1-2H3,(H2,17,19). The van der Waals surface area contributed by atoms with Gasteiger partial charge in [-0.15, -0.1) is 0 Å². The molecule has 3 N–H and O–H groups in total. The molecular formula is C15H21BrN2S. The second kappa shape index (κ2) is 5.80. The summed E-state index contributed by atoms with van der Waals surface area (Å²) >= 11 is 8.60. The SMILES string of the molecule is CC1(C)CCCCC1Nc1ccc(C(N)=S)cc1Br. The molecule has 1 aromatic rings. The highest BCUT2D eigenvalue weighted by Gasteiger charge is 2.32. The summed E-state index contributed by atoms with van der Waals surface area (Å²) in [6.45, 7) is 4.70. The Labute approximate surface area is 129 Å². The topological polar surface area (TPSA) is 38.0 Å². The zero-order chi connectivity index (χ0) is 14.0. The average molecular weight is 341 g/mol. The van der Waals surface area contributed by atoms with Crippen molar-refractivity contribution < 1.29 is 0 Å². The number of thiocarbonyl (C=S) groups is 1. The quantitative estimate of drug-likeness (QED) is 0.797. The molecule has 104 valence electrons. The number of nitrogens with two attached hydrogens (primary N) is 1. The zero-order valence-electron chi connectivity index (χ0n) is 11.5. The third-order valence-electron chi connectivity index (χ3n) is 4.09. The Kier molecular flexibility index (Phi) is 4.51. The molecule has 2 nitrogen and oxygen atoms in total. The van der Waals surface area contributed by atoms with E-state index in [2.05, 4.69) is 41.2 Å². The lowest BCUT2D eigenvalue weighted by Crippen LogP contribution is -2.39. The highest BCUT2D eigenvalue weighted by molar-refractivity contribution is 9.10. The Morgan fingerprint density at radius 3 is 2.74 bits per heavy atom. The predicted molar refractivity (Wildman–Crippen MR) is 89.7 cm³/mol. The van der Waals surface area contributed by atoms with Gasteiger partial charge in [-0.2, -0.15) is 0 Å². The molecule has 0 aliphatic heterocycles. The van der Waals surface area contributed by atoms with Gasteiger partial charge in [0.25, 0.3) is 0 Å². The van der Waals surface area contributed by atoms with Crippen molar-refractivity contribution in [3.05, 3.63) is 28.2 Å². The van der Waals surface area contributed by atoms with E-state index in [1.54, 1.807) is 0 Å². The third kappa shape index (κ3) is 3.48. The minimum Gasteiger partial charge on any atom is -0.389 e. The number of hydrogen-bond acceptors (Lipinski definition) is 2. The number of hydrogen-bond donors (Lipinski definition) is 2. The van der Waals surface area contributed by atoms with Gasteiger partial charge < -0.3 is 11.1 Å². The van der Waals surface area contributed by atoms with Crippen molar-refractivity contribution in [2.24, 2.45) is 11.1 Å². The van der Waals surface area contributed by atoms with Crippen molar-refractivity contribution in [3.63, 3.8) is 0 Å². The van der Waals surface area contributed by atoms with E-state index in [0.717, 1.165) is 15.7 Å². The minimum absolute atomic E-state index is 0.347. The van der Waals surface area contributed by atoms with Crippen molar-refractivity contribution in [1.29, 1.82) is 0 Å². The molecule has 4 heteroatoms. The number of nitrogens with one attached hydrogen (secondary N) is 1. The van der Waals surface area contributed by atoms with E-state index in [9.17, 15) is 0 Å². The van der Waals surface area contributed by atoms with Crippen LogP contribution in [0.5, 0.6) is 0 Å². The predicted octanol–water partition coefficient (Wildman–Crippen LogP) is 4.46. The first-order chi connectivity index (χ1) is 8.90. The largest absolute Gasteiger partial charge is 0.389 e. The molecule has 1 aliphatic carbocycles. The van der Waals surface area contributed by atoms with Crippen LogP contribution in [0.2, 0.25) is 0 Å². The molecule has 0 amide bonds. The maximum absolute atomic E-state index is 5.65. The van der Waals surface area contributed by atoms with Gasteiger partial charge in [0.15, 0.2) is 0 Å². The molecule has 0 radical (unpaired) electrons. The van der Waals surface area contributed by atoms with Crippen LogP contribution in [0, 0.1) is 5.41 Å². The molecule has 1 atom stereocenters. The van der Waals surface area contributed by atoms with E-state index in [1.807, 2.05) is 12.1 Å². The normalized spacial score (nSPS) is 21.9. The van der Waals surface area contributed by atoms with Crippen molar-refractivity contribution in [2.75, 3.05) is 5.32 Å². The zero-order valence-corrected chi connectivity index (χ0v) is 13.9. The molecular weight excluding hydrogens is 320 g/mol. The summed E-state index contributed by atoms with van der Waals surface area (Å²) in [5.41, 5.74) is 8.02. The van der Waals surface area contributed by atoms with Gasteiger partial charge in [-0.05, 0) is 52.4 Å². The van der Waals surface area contributed by atoms with Crippen LogP contribution in [-0.2, 0) is 0 Å². The summed E-state index contributed by atoms with van der Waals surface area (Å²) < 4.78 is 1.03. The summed E-state index contributed by atoms with van der Waals surface area (Å²) in [6.07, 6.45) is 5.17. The molecule has 19 heavy (non-hydrogen) atoms. The molecule has 0 aromatic heterocycles. The van der Waals surface area contributed by atoms with Gasteiger partial charge in [0, 0.05) is 21.8 Å². The monoisotopic (exact) mass is 340 g/mol. The fourth-order valence-electron chi connectivity index (χ4n) is 2.73. The summed E-state index contributed by atoms with van der Waals surface area (Å²) in [5, 5.41) is 3.67. The van der Waals surface area contributed by atoms with E-state index in [-0.39, 0.29) is 0 Å². The molecule has 0 bridgehead atoms. The molecule has 0 saturated heterocycles. The molecule has 1 fully saturated rings. The first-order valence-corrected chi connectivity index (χ1v) is 7.96. The van der Waals surface area contributed by atoms with Crippen LogP contribution in [0.3, 0.4) is 0 Å². The summed E-state index contributed by atoms with van der Waals surface area (Å²) in [6, 6.07) is 6.54. The van der Waals surface area contributed by atoms with E-state index in [0.29, 0.717) is 16.4 Å². The summed E-state index contributed by atoms with van der Waals surface area (Å²) in [5.74, 6) is 0. The molecule has 2 rings (SSSR count). The average Bonchev–Trinajstić information content (AvgIpc) is 2.33. The van der Waals surface area contributed by atoms with Crippen LogP contribution in [-0.4, -0.2) is 11.0 Å². The highest BCUT2D eigenvalue weighted by Crippen LogP contribution is 2.38. The first-order valence-electron chi connectivity index (χ1n) is 6.76. The minimum atomic E-state index is 0.347. The maximum atomic E-state index is 5.65. The second-order valence-corrected chi connectivity index (χ2v) is 7.28. The van der Waals surface area contributed by atoms with E-state index >= 15 is 0 Å². The third-order valence-corrected chi connectivity index (χ3v) is 4.98. The Morgan fingerprint density at radius 2 is 2.16 bits per heavy atom. The van der Waals surface area contributed by atoms with Gasteiger partial charge in [-0.25, -0.2) is 0 Å². The lowest BCUT2D eigenvalue weighted by Gasteiger charge is -2.39. The molecule has 0 spiro atoms. The van der Waals surface area contributed by atoms with Crippen LogP contribution in [0.4, 0.5) is 5.69 Å². The van der Waals surface area contributed by atoms with Gasteiger partial charge in [-0.1, -0.05) is 38.9 Å². The van der Waals surface area contributed by atoms with Gasteiger partial charge in [-0.3, -0.25) is 0 Å². The van der Waals surface area contributed by atoms with Crippen LogP contribution >= 0.6 is 28.1 Å².